The molecule has 0 fully saturated rings. The van der Waals surface area contributed by atoms with E-state index in [0.717, 1.165) is 47.0 Å². The Bertz CT molecular complexity index is 1170. The zero-order valence-electron chi connectivity index (χ0n) is 20.2. The minimum absolute atomic E-state index is 0.533. The van der Waals surface area contributed by atoms with Crippen LogP contribution in [-0.4, -0.2) is 32.9 Å². The maximum atomic E-state index is 10.9. The van der Waals surface area contributed by atoms with Crippen LogP contribution in [0.5, 0.6) is 11.6 Å². The summed E-state index contributed by atoms with van der Waals surface area (Å²) in [6.45, 7) is 6.24. The number of aliphatic hydroxyl groups is 1. The Balaban J connectivity index is 1.68. The number of nitrogens with zero attached hydrogens (tertiary/aromatic N) is 3. The van der Waals surface area contributed by atoms with Crippen molar-refractivity contribution in [2.45, 2.75) is 32.9 Å². The van der Waals surface area contributed by atoms with Gasteiger partial charge in [-0.3, -0.25) is 4.90 Å². The van der Waals surface area contributed by atoms with Gasteiger partial charge in [0, 0.05) is 25.7 Å². The number of hydrogen-bond donors (Lipinski definition) is 1. The molecule has 5 nitrogen and oxygen atoms in total. The molecule has 5 heteroatoms. The first-order chi connectivity index (χ1) is 16.5. The van der Waals surface area contributed by atoms with Gasteiger partial charge >= 0.3 is 0 Å². The zero-order valence-corrected chi connectivity index (χ0v) is 20.2. The zero-order chi connectivity index (χ0) is 23.9. The Labute approximate surface area is 202 Å². The van der Waals surface area contributed by atoms with E-state index in [1.54, 1.807) is 0 Å². The van der Waals surface area contributed by atoms with Crippen LogP contribution in [0.4, 0.5) is 0 Å². The predicted octanol–water partition coefficient (Wildman–Crippen LogP) is 6.13. The quantitative estimate of drug-likeness (QED) is 0.312. The van der Waals surface area contributed by atoms with E-state index >= 15 is 0 Å². The minimum atomic E-state index is -0.564. The van der Waals surface area contributed by atoms with Gasteiger partial charge in [-0.15, -0.1) is 0 Å². The van der Waals surface area contributed by atoms with Gasteiger partial charge in [-0.05, 0) is 37.6 Å². The summed E-state index contributed by atoms with van der Waals surface area (Å²) in [6, 6.07) is 28.1. The monoisotopic (exact) mass is 455 g/mol. The second-order valence-electron chi connectivity index (χ2n) is 8.70. The highest BCUT2D eigenvalue weighted by molar-refractivity contribution is 5.65. The molecule has 1 aromatic heterocycles. The van der Waals surface area contributed by atoms with Gasteiger partial charge in [0.15, 0.2) is 0 Å². The fraction of sp³-hybridized carbons (Fsp3) is 0.276. The van der Waals surface area contributed by atoms with Crippen LogP contribution in [0.3, 0.4) is 0 Å². The molecule has 4 aromatic rings. The van der Waals surface area contributed by atoms with Crippen molar-refractivity contribution in [1.82, 2.24) is 14.7 Å². The lowest BCUT2D eigenvalue weighted by atomic mass is 10.1. The van der Waals surface area contributed by atoms with E-state index in [4.69, 9.17) is 9.84 Å². The number of rotatable bonds is 10. The number of aromatic nitrogens is 2. The highest BCUT2D eigenvalue weighted by Gasteiger charge is 2.23. The third-order valence-electron chi connectivity index (χ3n) is 5.91. The van der Waals surface area contributed by atoms with Gasteiger partial charge < -0.3 is 9.84 Å². The van der Waals surface area contributed by atoms with E-state index in [0.29, 0.717) is 13.1 Å². The van der Waals surface area contributed by atoms with Crippen molar-refractivity contribution < 1.29 is 9.84 Å². The standard InChI is InChI=1S/C29H33N3O2/c1-4-19-32(21-27(33)23-11-7-5-8-12-23)20-26-28(24-13-9-6-10-14-24)30-31(3)29(26)34-25-17-15-22(2)16-18-25/h5-18,27,33H,4,19-21H2,1-3H3. The van der Waals surface area contributed by atoms with Crippen LogP contribution in [0.25, 0.3) is 11.3 Å². The molecule has 4 rings (SSSR count). The lowest BCUT2D eigenvalue weighted by Crippen LogP contribution is -2.29. The normalized spacial score (nSPS) is 12.1. The molecule has 176 valence electrons. The molecule has 0 bridgehead atoms. The minimum Gasteiger partial charge on any atom is -0.439 e. The highest BCUT2D eigenvalue weighted by Crippen LogP contribution is 2.34. The van der Waals surface area contributed by atoms with Crippen LogP contribution in [0.15, 0.2) is 84.9 Å². The number of ether oxygens (including phenoxy) is 1. The van der Waals surface area contributed by atoms with Crippen molar-refractivity contribution in [2.24, 2.45) is 7.05 Å². The van der Waals surface area contributed by atoms with Crippen LogP contribution < -0.4 is 4.74 Å². The van der Waals surface area contributed by atoms with Crippen LogP contribution in [0.1, 0.15) is 36.1 Å². The number of aliphatic hydroxyl groups excluding tert-OH is 1. The summed E-state index contributed by atoms with van der Waals surface area (Å²) < 4.78 is 8.19. The first kappa shape index (κ1) is 23.7. The van der Waals surface area contributed by atoms with E-state index < -0.39 is 6.10 Å². The highest BCUT2D eigenvalue weighted by atomic mass is 16.5. The van der Waals surface area contributed by atoms with Crippen molar-refractivity contribution in [3.8, 4) is 22.9 Å². The van der Waals surface area contributed by atoms with Crippen molar-refractivity contribution in [1.29, 1.82) is 0 Å². The Morgan fingerprint density at radius 1 is 0.941 bits per heavy atom. The van der Waals surface area contributed by atoms with E-state index in [1.165, 1.54) is 5.56 Å². The van der Waals surface area contributed by atoms with Gasteiger partial charge in [-0.25, -0.2) is 4.68 Å². The molecular formula is C29H33N3O2. The van der Waals surface area contributed by atoms with E-state index in [-0.39, 0.29) is 0 Å². The van der Waals surface area contributed by atoms with Crippen molar-refractivity contribution in [3.63, 3.8) is 0 Å². The van der Waals surface area contributed by atoms with Crippen LogP contribution >= 0.6 is 0 Å². The molecule has 0 spiro atoms. The Kier molecular flexibility index (Phi) is 7.78. The number of hydrogen-bond acceptors (Lipinski definition) is 4. The lowest BCUT2D eigenvalue weighted by Gasteiger charge is -2.25. The van der Waals surface area contributed by atoms with E-state index in [2.05, 4.69) is 30.9 Å². The average Bonchev–Trinajstić information content (AvgIpc) is 3.16. The Morgan fingerprint density at radius 2 is 1.59 bits per heavy atom. The second-order valence-corrected chi connectivity index (χ2v) is 8.70. The van der Waals surface area contributed by atoms with Gasteiger partial charge in [-0.1, -0.05) is 85.3 Å². The third-order valence-corrected chi connectivity index (χ3v) is 5.91. The molecule has 0 saturated carbocycles. The van der Waals surface area contributed by atoms with E-state index in [9.17, 15) is 5.11 Å². The first-order valence-electron chi connectivity index (χ1n) is 11.9. The first-order valence-corrected chi connectivity index (χ1v) is 11.9. The third kappa shape index (κ3) is 5.74. The predicted molar refractivity (Wildman–Crippen MR) is 137 cm³/mol. The van der Waals surface area contributed by atoms with Gasteiger partial charge in [-0.2, -0.15) is 5.10 Å². The van der Waals surface area contributed by atoms with Crippen LogP contribution in [0, 0.1) is 6.92 Å². The molecule has 0 radical (unpaired) electrons. The van der Waals surface area contributed by atoms with Crippen LogP contribution in [-0.2, 0) is 13.6 Å². The van der Waals surface area contributed by atoms with Gasteiger partial charge in [0.05, 0.1) is 11.7 Å². The van der Waals surface area contributed by atoms with Gasteiger partial charge in [0.2, 0.25) is 5.88 Å². The fourth-order valence-electron chi connectivity index (χ4n) is 4.17. The van der Waals surface area contributed by atoms with Crippen molar-refractivity contribution in [2.75, 3.05) is 13.1 Å². The maximum absolute atomic E-state index is 10.9. The maximum Gasteiger partial charge on any atom is 0.222 e. The van der Waals surface area contributed by atoms with Crippen molar-refractivity contribution in [3.05, 3.63) is 102 Å². The molecule has 1 atom stereocenters. The van der Waals surface area contributed by atoms with Crippen molar-refractivity contribution >= 4 is 0 Å². The van der Waals surface area contributed by atoms with Gasteiger partial charge in [0.25, 0.3) is 0 Å². The summed E-state index contributed by atoms with van der Waals surface area (Å²) >= 11 is 0. The summed E-state index contributed by atoms with van der Waals surface area (Å²) in [5.41, 5.74) is 5.08. The molecule has 34 heavy (non-hydrogen) atoms. The Hall–Kier alpha value is -3.41. The summed E-state index contributed by atoms with van der Waals surface area (Å²) in [5.74, 6) is 1.50. The molecular weight excluding hydrogens is 422 g/mol. The molecule has 0 aliphatic rings. The smallest absolute Gasteiger partial charge is 0.222 e. The van der Waals surface area contributed by atoms with Crippen LogP contribution in [0.2, 0.25) is 0 Å². The summed E-state index contributed by atoms with van der Waals surface area (Å²) in [6.07, 6.45) is 0.419. The summed E-state index contributed by atoms with van der Waals surface area (Å²) in [7, 11) is 1.92. The largest absolute Gasteiger partial charge is 0.439 e. The SMILES string of the molecule is CCCN(Cc1c(-c2ccccc2)nn(C)c1Oc1ccc(C)cc1)CC(O)c1ccccc1. The molecule has 0 aliphatic carbocycles. The van der Waals surface area contributed by atoms with Gasteiger partial charge in [0.1, 0.15) is 11.4 Å². The molecule has 0 amide bonds. The topological polar surface area (TPSA) is 50.5 Å². The molecule has 1 unspecified atom stereocenters. The second kappa shape index (κ2) is 11.1. The molecule has 1 N–H and O–H groups in total. The molecule has 1 heterocycles. The number of aryl methyl sites for hydroxylation is 2. The average molecular weight is 456 g/mol. The fourth-order valence-corrected chi connectivity index (χ4v) is 4.17. The molecule has 0 aliphatic heterocycles. The Morgan fingerprint density at radius 3 is 2.24 bits per heavy atom. The number of benzene rings is 3. The molecule has 0 saturated heterocycles. The summed E-state index contributed by atoms with van der Waals surface area (Å²) in [5, 5.41) is 15.8. The lowest BCUT2D eigenvalue weighted by molar-refractivity contribution is 0.108. The van der Waals surface area contributed by atoms with E-state index in [1.807, 2.05) is 84.5 Å². The summed E-state index contributed by atoms with van der Waals surface area (Å²) in [4.78, 5) is 2.28. The molecule has 3 aromatic carbocycles.